The van der Waals surface area contributed by atoms with E-state index in [9.17, 15) is 13.8 Å². The van der Waals surface area contributed by atoms with Crippen molar-refractivity contribution in [3.8, 4) is 5.75 Å². The molecule has 1 atom stereocenters. The van der Waals surface area contributed by atoms with E-state index >= 15 is 0 Å². The highest BCUT2D eigenvalue weighted by Gasteiger charge is 2.32. The maximum atomic E-state index is 12.9. The molecule has 2 amide bonds. The first-order chi connectivity index (χ1) is 12.0. The highest BCUT2D eigenvalue weighted by Crippen LogP contribution is 2.29. The molecule has 7 nitrogen and oxygen atoms in total. The summed E-state index contributed by atoms with van der Waals surface area (Å²) in [5.41, 5.74) is 2.72. The van der Waals surface area contributed by atoms with E-state index in [1.807, 2.05) is 11.8 Å². The highest BCUT2D eigenvalue weighted by atomic mass is 32.2. The van der Waals surface area contributed by atoms with Crippen molar-refractivity contribution >= 4 is 22.6 Å². The van der Waals surface area contributed by atoms with Gasteiger partial charge in [0.05, 0.1) is 6.04 Å². The molecule has 3 rings (SSSR count). The number of nitrogens with one attached hydrogen (secondary N) is 1. The predicted octanol–water partition coefficient (Wildman–Crippen LogP) is 1.07. The first-order valence-electron chi connectivity index (χ1n) is 8.35. The third-order valence-corrected chi connectivity index (χ3v) is 6.19. The Bertz CT molecular complexity index is 698. The van der Waals surface area contributed by atoms with Crippen LogP contribution in [0.5, 0.6) is 5.75 Å². The number of carbonyl (C=O) groups excluding carboxylic acids is 2. The number of hydrogen-bond donors (Lipinski definition) is 2. The number of rotatable bonds is 2. The molecule has 25 heavy (non-hydrogen) atoms. The largest absolute Gasteiger partial charge is 0.491 e. The maximum absolute atomic E-state index is 12.9. The lowest BCUT2D eigenvalue weighted by molar-refractivity contribution is -0.138. The van der Waals surface area contributed by atoms with Crippen molar-refractivity contribution in [2.45, 2.75) is 32.4 Å². The predicted molar refractivity (Wildman–Crippen MR) is 91.8 cm³/mol. The van der Waals surface area contributed by atoms with Crippen molar-refractivity contribution in [1.29, 1.82) is 0 Å². The zero-order valence-corrected chi connectivity index (χ0v) is 14.9. The van der Waals surface area contributed by atoms with E-state index in [0.29, 0.717) is 48.8 Å². The fraction of sp³-hybridized carbons (Fsp3) is 0.529. The van der Waals surface area contributed by atoms with Crippen molar-refractivity contribution in [2.24, 2.45) is 5.92 Å². The number of carbonyl (C=O) groups is 2. The van der Waals surface area contributed by atoms with E-state index in [4.69, 9.17) is 9.94 Å². The van der Waals surface area contributed by atoms with Gasteiger partial charge in [0.25, 0.3) is 5.91 Å². The van der Waals surface area contributed by atoms with E-state index in [0.717, 1.165) is 5.56 Å². The molecule has 1 unspecified atom stereocenters. The van der Waals surface area contributed by atoms with Gasteiger partial charge < -0.3 is 9.64 Å². The Hall–Kier alpha value is -1.93. The minimum atomic E-state index is -0.793. The van der Waals surface area contributed by atoms with Crippen molar-refractivity contribution in [3.63, 3.8) is 0 Å². The van der Waals surface area contributed by atoms with Gasteiger partial charge in [0.15, 0.2) is 0 Å². The number of benzene rings is 1. The van der Waals surface area contributed by atoms with Crippen LogP contribution in [-0.2, 0) is 22.1 Å². The molecule has 2 N–H and O–H groups in total. The summed E-state index contributed by atoms with van der Waals surface area (Å²) in [7, 11) is -0.793. The summed E-state index contributed by atoms with van der Waals surface area (Å²) in [6.45, 7) is 2.68. The third kappa shape index (κ3) is 3.85. The van der Waals surface area contributed by atoms with Gasteiger partial charge in [-0.15, -0.1) is 0 Å². The van der Waals surface area contributed by atoms with Crippen LogP contribution in [0.25, 0.3) is 0 Å². The second-order valence-electron chi connectivity index (χ2n) is 6.51. The minimum Gasteiger partial charge on any atom is -0.491 e. The fourth-order valence-electron chi connectivity index (χ4n) is 3.24. The van der Waals surface area contributed by atoms with Crippen LogP contribution >= 0.6 is 0 Å². The summed E-state index contributed by atoms with van der Waals surface area (Å²) in [4.78, 5) is 26.3. The first-order valence-corrected chi connectivity index (χ1v) is 9.84. The van der Waals surface area contributed by atoms with Crippen LogP contribution in [0.1, 0.15) is 35.7 Å². The van der Waals surface area contributed by atoms with Crippen LogP contribution in [0.4, 0.5) is 0 Å². The molecule has 0 bridgehead atoms. The van der Waals surface area contributed by atoms with Crippen molar-refractivity contribution in [1.82, 2.24) is 10.4 Å². The van der Waals surface area contributed by atoms with Crippen molar-refractivity contribution < 1.29 is 23.7 Å². The summed E-state index contributed by atoms with van der Waals surface area (Å²) in [5, 5.41) is 8.75. The second-order valence-corrected chi connectivity index (χ2v) is 8.21. The molecule has 1 saturated heterocycles. The van der Waals surface area contributed by atoms with E-state index in [1.54, 1.807) is 23.7 Å². The Balaban J connectivity index is 1.79. The lowest BCUT2D eigenvalue weighted by atomic mass is 9.99. The van der Waals surface area contributed by atoms with Gasteiger partial charge in [-0.3, -0.25) is 19.0 Å². The Labute approximate surface area is 148 Å². The standard InChI is InChI=1S/C17H22N2O5S/c1-11-10-24-15-8-13(16(20)18-22)2-3-14(15)9-19(11)17(21)12-4-6-25(23)7-5-12/h2-3,8,11-12,22H,4-7,9-10H2,1H3,(H,18,20). The molecule has 0 saturated carbocycles. The van der Waals surface area contributed by atoms with Gasteiger partial charge in [-0.25, -0.2) is 5.48 Å². The average molecular weight is 366 g/mol. The van der Waals surface area contributed by atoms with Gasteiger partial charge in [0, 0.05) is 45.9 Å². The first kappa shape index (κ1) is 17.9. The van der Waals surface area contributed by atoms with E-state index in [-0.39, 0.29) is 17.9 Å². The molecule has 0 aliphatic carbocycles. The van der Waals surface area contributed by atoms with Gasteiger partial charge in [0.2, 0.25) is 5.91 Å². The van der Waals surface area contributed by atoms with E-state index < -0.39 is 16.7 Å². The number of hydroxylamine groups is 1. The molecule has 1 aromatic rings. The molecule has 8 heteroatoms. The Morgan fingerprint density at radius 3 is 2.72 bits per heavy atom. The van der Waals surface area contributed by atoms with Crippen LogP contribution in [0, 0.1) is 5.92 Å². The minimum absolute atomic E-state index is 0.0813. The number of hydrogen-bond acceptors (Lipinski definition) is 5. The third-order valence-electron chi connectivity index (χ3n) is 4.80. The molecule has 0 spiro atoms. The van der Waals surface area contributed by atoms with Gasteiger partial charge >= 0.3 is 0 Å². The lowest BCUT2D eigenvalue weighted by Gasteiger charge is -2.31. The van der Waals surface area contributed by atoms with Crippen LogP contribution < -0.4 is 10.2 Å². The molecule has 1 aromatic carbocycles. The summed E-state index contributed by atoms with van der Waals surface area (Å²) < 4.78 is 17.3. The Morgan fingerprint density at radius 2 is 2.04 bits per heavy atom. The summed E-state index contributed by atoms with van der Waals surface area (Å²) >= 11 is 0. The lowest BCUT2D eigenvalue weighted by Crippen LogP contribution is -2.44. The summed E-state index contributed by atoms with van der Waals surface area (Å²) in [5.74, 6) is 1.12. The quantitative estimate of drug-likeness (QED) is 0.603. The summed E-state index contributed by atoms with van der Waals surface area (Å²) in [6, 6.07) is 4.82. The van der Waals surface area contributed by atoms with Gasteiger partial charge in [-0.2, -0.15) is 0 Å². The monoisotopic (exact) mass is 366 g/mol. The smallest absolute Gasteiger partial charge is 0.274 e. The zero-order valence-electron chi connectivity index (χ0n) is 14.1. The molecule has 136 valence electrons. The van der Waals surface area contributed by atoms with Gasteiger partial charge in [0.1, 0.15) is 12.4 Å². The topological polar surface area (TPSA) is 95.9 Å². The van der Waals surface area contributed by atoms with Gasteiger partial charge in [-0.05, 0) is 31.9 Å². The highest BCUT2D eigenvalue weighted by molar-refractivity contribution is 7.85. The van der Waals surface area contributed by atoms with Crippen LogP contribution in [0.15, 0.2) is 18.2 Å². The number of ether oxygens (including phenoxy) is 1. The molecular formula is C17H22N2O5S. The van der Waals surface area contributed by atoms with E-state index in [1.165, 1.54) is 0 Å². The molecule has 2 aliphatic heterocycles. The average Bonchev–Trinajstić information content (AvgIpc) is 2.79. The van der Waals surface area contributed by atoms with Crippen LogP contribution in [0.2, 0.25) is 0 Å². The van der Waals surface area contributed by atoms with Crippen LogP contribution in [0.3, 0.4) is 0 Å². The number of amides is 2. The molecule has 2 aliphatic rings. The normalized spacial score (nSPS) is 26.2. The summed E-state index contributed by atoms with van der Waals surface area (Å²) in [6.07, 6.45) is 1.33. The van der Waals surface area contributed by atoms with Crippen molar-refractivity contribution in [2.75, 3.05) is 18.1 Å². The Kier molecular flexibility index (Phi) is 5.39. The van der Waals surface area contributed by atoms with E-state index in [2.05, 4.69) is 0 Å². The molecular weight excluding hydrogens is 344 g/mol. The maximum Gasteiger partial charge on any atom is 0.274 e. The fourth-order valence-corrected chi connectivity index (χ4v) is 4.53. The molecule has 1 fully saturated rings. The molecule has 0 radical (unpaired) electrons. The van der Waals surface area contributed by atoms with Gasteiger partial charge in [-0.1, -0.05) is 6.07 Å². The zero-order chi connectivity index (χ0) is 18.0. The van der Waals surface area contributed by atoms with Crippen molar-refractivity contribution in [3.05, 3.63) is 29.3 Å². The SMILES string of the molecule is CC1COc2cc(C(=O)NO)ccc2CN1C(=O)C1CCS(=O)CC1. The second kappa shape index (κ2) is 7.53. The molecule has 2 heterocycles. The number of nitrogens with zero attached hydrogens (tertiary/aromatic N) is 1. The number of fused-ring (bicyclic) bond motifs is 1. The molecule has 0 aromatic heterocycles. The Morgan fingerprint density at radius 1 is 1.32 bits per heavy atom. The van der Waals surface area contributed by atoms with Crippen LogP contribution in [-0.4, -0.2) is 50.3 Å².